The Hall–Kier alpha value is -1.14. The van der Waals surface area contributed by atoms with E-state index >= 15 is 0 Å². The van der Waals surface area contributed by atoms with E-state index < -0.39 is 6.04 Å². The van der Waals surface area contributed by atoms with Gasteiger partial charge in [0.1, 0.15) is 6.04 Å². The van der Waals surface area contributed by atoms with Gasteiger partial charge in [-0.25, -0.2) is 0 Å². The lowest BCUT2D eigenvalue weighted by Gasteiger charge is -2.29. The van der Waals surface area contributed by atoms with Gasteiger partial charge >= 0.3 is 0 Å². The summed E-state index contributed by atoms with van der Waals surface area (Å²) in [6.07, 6.45) is 0.275. The predicted molar refractivity (Wildman–Crippen MR) is 59.4 cm³/mol. The maximum atomic E-state index is 12.0. The summed E-state index contributed by atoms with van der Waals surface area (Å²) in [4.78, 5) is 25.0. The number of hydrogen-bond acceptors (Lipinski definition) is 4. The molecular formula is C11H18N2O4. The maximum Gasteiger partial charge on any atom is 0.244 e. The van der Waals surface area contributed by atoms with Crippen LogP contribution in [0.3, 0.4) is 0 Å². The zero-order valence-electron chi connectivity index (χ0n) is 9.98. The van der Waals surface area contributed by atoms with Crippen molar-refractivity contribution in [3.05, 3.63) is 0 Å². The fraction of sp³-hybridized carbons (Fsp3) is 0.818. The number of rotatable bonds is 2. The first kappa shape index (κ1) is 12.3. The Morgan fingerprint density at radius 1 is 1.41 bits per heavy atom. The van der Waals surface area contributed by atoms with Crippen molar-refractivity contribution in [3.63, 3.8) is 0 Å². The van der Waals surface area contributed by atoms with Crippen molar-refractivity contribution in [1.82, 2.24) is 10.2 Å². The Bertz CT molecular complexity index is 302. The quantitative estimate of drug-likeness (QED) is 0.684. The van der Waals surface area contributed by atoms with Crippen LogP contribution < -0.4 is 5.32 Å². The molecule has 17 heavy (non-hydrogen) atoms. The first-order chi connectivity index (χ1) is 8.16. The van der Waals surface area contributed by atoms with Crippen molar-refractivity contribution in [2.75, 3.05) is 32.9 Å². The first-order valence-corrected chi connectivity index (χ1v) is 5.94. The third-order valence-corrected chi connectivity index (χ3v) is 2.98. The molecular weight excluding hydrogens is 224 g/mol. The van der Waals surface area contributed by atoms with E-state index in [1.165, 1.54) is 0 Å². The van der Waals surface area contributed by atoms with Crippen LogP contribution in [0, 0.1) is 0 Å². The zero-order valence-corrected chi connectivity index (χ0v) is 9.98. The van der Waals surface area contributed by atoms with Crippen LogP contribution >= 0.6 is 0 Å². The Morgan fingerprint density at radius 3 is 2.94 bits per heavy atom. The van der Waals surface area contributed by atoms with E-state index in [0.29, 0.717) is 39.3 Å². The summed E-state index contributed by atoms with van der Waals surface area (Å²) < 4.78 is 10.8. The van der Waals surface area contributed by atoms with Crippen molar-refractivity contribution in [1.29, 1.82) is 0 Å². The highest BCUT2D eigenvalue weighted by atomic mass is 16.6. The third-order valence-electron chi connectivity index (χ3n) is 2.98. The monoisotopic (exact) mass is 242 g/mol. The van der Waals surface area contributed by atoms with E-state index in [0.717, 1.165) is 0 Å². The van der Waals surface area contributed by atoms with Gasteiger partial charge in [0.05, 0.1) is 25.9 Å². The van der Waals surface area contributed by atoms with Crippen LogP contribution in [0.1, 0.15) is 13.3 Å². The molecule has 1 N–H and O–H groups in total. The second-order valence-electron chi connectivity index (χ2n) is 4.39. The predicted octanol–water partition coefficient (Wildman–Crippen LogP) is -0.861. The van der Waals surface area contributed by atoms with Crippen molar-refractivity contribution >= 4 is 11.8 Å². The largest absolute Gasteiger partial charge is 0.376 e. The van der Waals surface area contributed by atoms with Gasteiger partial charge in [0, 0.05) is 19.5 Å². The fourth-order valence-corrected chi connectivity index (χ4v) is 2.07. The summed E-state index contributed by atoms with van der Waals surface area (Å²) in [7, 11) is 0. The summed E-state index contributed by atoms with van der Waals surface area (Å²) in [6.45, 7) is 4.35. The molecule has 2 aliphatic heterocycles. The summed E-state index contributed by atoms with van der Waals surface area (Å²) in [5.41, 5.74) is 0. The van der Waals surface area contributed by atoms with E-state index in [9.17, 15) is 9.59 Å². The van der Waals surface area contributed by atoms with Crippen LogP contribution in [0.2, 0.25) is 0 Å². The van der Waals surface area contributed by atoms with Gasteiger partial charge in [-0.1, -0.05) is 0 Å². The van der Waals surface area contributed by atoms with Gasteiger partial charge in [-0.2, -0.15) is 0 Å². The summed E-state index contributed by atoms with van der Waals surface area (Å²) in [6, 6.07) is -0.450. The number of ether oxygens (including phenoxy) is 2. The molecule has 2 amide bonds. The summed E-state index contributed by atoms with van der Waals surface area (Å²) in [5, 5.41) is 2.66. The lowest BCUT2D eigenvalue weighted by Crippen LogP contribution is -2.47. The van der Waals surface area contributed by atoms with Crippen molar-refractivity contribution in [2.45, 2.75) is 25.5 Å². The Morgan fingerprint density at radius 2 is 2.24 bits per heavy atom. The third kappa shape index (κ3) is 3.17. The van der Waals surface area contributed by atoms with Gasteiger partial charge in [-0.15, -0.1) is 0 Å². The van der Waals surface area contributed by atoms with Crippen LogP contribution in [0.25, 0.3) is 0 Å². The highest BCUT2D eigenvalue weighted by Gasteiger charge is 2.29. The molecule has 2 heterocycles. The molecule has 6 nitrogen and oxygen atoms in total. The minimum Gasteiger partial charge on any atom is -0.376 e. The molecule has 2 unspecified atom stereocenters. The number of nitrogens with one attached hydrogen (secondary N) is 1. The molecule has 0 radical (unpaired) electrons. The number of nitrogens with zero attached hydrogens (tertiary/aromatic N) is 1. The van der Waals surface area contributed by atoms with E-state index in [4.69, 9.17) is 9.47 Å². The molecule has 0 aromatic heterocycles. The highest BCUT2D eigenvalue weighted by Crippen LogP contribution is 2.08. The molecule has 2 aliphatic rings. The maximum absolute atomic E-state index is 12.0. The van der Waals surface area contributed by atoms with Crippen LogP contribution in [0.4, 0.5) is 0 Å². The van der Waals surface area contributed by atoms with E-state index in [2.05, 4.69) is 5.32 Å². The zero-order chi connectivity index (χ0) is 12.3. The van der Waals surface area contributed by atoms with Gasteiger partial charge in [-0.05, 0) is 6.92 Å². The Labute approximate surface area is 100 Å². The SMILES string of the molecule is CC1NC(=O)CCN(CC2COCCO2)C1=O. The van der Waals surface area contributed by atoms with Gasteiger partial charge in [0.15, 0.2) is 0 Å². The van der Waals surface area contributed by atoms with E-state index in [1.54, 1.807) is 11.8 Å². The second kappa shape index (κ2) is 5.46. The molecule has 2 rings (SSSR count). The molecule has 0 aliphatic carbocycles. The van der Waals surface area contributed by atoms with Crippen molar-refractivity contribution < 1.29 is 19.1 Å². The molecule has 0 bridgehead atoms. The smallest absolute Gasteiger partial charge is 0.244 e. The minimum absolute atomic E-state index is 0.0509. The molecule has 0 spiro atoms. The molecule has 2 atom stereocenters. The normalized spacial score (nSPS) is 31.0. The molecule has 0 saturated carbocycles. The van der Waals surface area contributed by atoms with Gasteiger partial charge < -0.3 is 19.7 Å². The van der Waals surface area contributed by atoms with E-state index in [1.807, 2.05) is 0 Å². The van der Waals surface area contributed by atoms with Gasteiger partial charge in [-0.3, -0.25) is 9.59 Å². The number of carbonyl (C=O) groups is 2. The van der Waals surface area contributed by atoms with Crippen LogP contribution in [0.15, 0.2) is 0 Å². The standard InChI is InChI=1S/C11H18N2O4/c1-8-11(15)13(3-2-10(14)12-8)6-9-7-16-4-5-17-9/h8-9H,2-7H2,1H3,(H,12,14). The molecule has 96 valence electrons. The number of amides is 2. The van der Waals surface area contributed by atoms with Crippen molar-refractivity contribution in [3.8, 4) is 0 Å². The number of hydrogen-bond donors (Lipinski definition) is 1. The van der Waals surface area contributed by atoms with Crippen LogP contribution in [-0.4, -0.2) is 61.8 Å². The van der Waals surface area contributed by atoms with Gasteiger partial charge in [0.25, 0.3) is 0 Å². The van der Waals surface area contributed by atoms with E-state index in [-0.39, 0.29) is 17.9 Å². The summed E-state index contributed by atoms with van der Waals surface area (Å²) in [5.74, 6) is -0.126. The Kier molecular flexibility index (Phi) is 3.96. The molecule has 2 saturated heterocycles. The van der Waals surface area contributed by atoms with Crippen molar-refractivity contribution in [2.24, 2.45) is 0 Å². The topological polar surface area (TPSA) is 67.9 Å². The Balaban J connectivity index is 1.93. The minimum atomic E-state index is -0.450. The number of carbonyl (C=O) groups excluding carboxylic acids is 2. The molecule has 2 fully saturated rings. The molecule has 6 heteroatoms. The van der Waals surface area contributed by atoms with Gasteiger partial charge in [0.2, 0.25) is 11.8 Å². The lowest BCUT2D eigenvalue weighted by molar-refractivity contribution is -0.139. The van der Waals surface area contributed by atoms with Crippen LogP contribution in [-0.2, 0) is 19.1 Å². The average Bonchev–Trinajstić information content (AvgIpc) is 2.44. The molecule has 0 aromatic rings. The van der Waals surface area contributed by atoms with Crippen LogP contribution in [0.5, 0.6) is 0 Å². The second-order valence-corrected chi connectivity index (χ2v) is 4.39. The lowest BCUT2D eigenvalue weighted by atomic mass is 10.2. The molecule has 0 aromatic carbocycles. The highest BCUT2D eigenvalue weighted by molar-refractivity contribution is 5.89. The fourth-order valence-electron chi connectivity index (χ4n) is 2.07. The summed E-state index contributed by atoms with van der Waals surface area (Å²) >= 11 is 0. The first-order valence-electron chi connectivity index (χ1n) is 5.94. The average molecular weight is 242 g/mol.